The van der Waals surface area contributed by atoms with Crippen molar-refractivity contribution in [1.82, 2.24) is 5.32 Å². The van der Waals surface area contributed by atoms with Crippen molar-refractivity contribution in [1.29, 1.82) is 0 Å². The highest BCUT2D eigenvalue weighted by Gasteiger charge is 2.35. The maximum atomic E-state index is 13.0. The number of anilines is 1. The van der Waals surface area contributed by atoms with Crippen LogP contribution in [-0.4, -0.2) is 19.6 Å². The molecule has 0 saturated heterocycles. The second kappa shape index (κ2) is 7.54. The first kappa shape index (κ1) is 18.2. The van der Waals surface area contributed by atoms with E-state index in [1.165, 1.54) is 16.0 Å². The van der Waals surface area contributed by atoms with E-state index in [-0.39, 0.29) is 12.1 Å². The molecule has 1 unspecified atom stereocenters. The van der Waals surface area contributed by atoms with Crippen LogP contribution in [0.25, 0.3) is 0 Å². The first-order valence-electron chi connectivity index (χ1n) is 9.95. The Hall–Kier alpha value is -2.83. The van der Waals surface area contributed by atoms with Crippen LogP contribution < -0.4 is 20.3 Å². The normalized spacial score (nSPS) is 20.2. The number of carbonyl (C=O) groups is 1. The van der Waals surface area contributed by atoms with Gasteiger partial charge in [0, 0.05) is 17.5 Å². The summed E-state index contributed by atoms with van der Waals surface area (Å²) in [5.74, 6) is 0.784. The van der Waals surface area contributed by atoms with E-state index in [4.69, 9.17) is 4.74 Å². The number of hydrogen-bond acceptors (Lipinski definition) is 4. The molecule has 5 nitrogen and oxygen atoms in total. The van der Waals surface area contributed by atoms with Crippen LogP contribution in [0.4, 0.5) is 5.00 Å². The maximum absolute atomic E-state index is 13.0. The number of thiophene rings is 1. The molecule has 29 heavy (non-hydrogen) atoms. The summed E-state index contributed by atoms with van der Waals surface area (Å²) in [7, 11) is 1.66. The molecule has 3 N–H and O–H groups in total. The van der Waals surface area contributed by atoms with E-state index in [2.05, 4.69) is 41.0 Å². The van der Waals surface area contributed by atoms with Gasteiger partial charge in [-0.2, -0.15) is 0 Å². The fourth-order valence-electron chi connectivity index (χ4n) is 4.34. The van der Waals surface area contributed by atoms with Gasteiger partial charge in [-0.3, -0.25) is 4.79 Å². The van der Waals surface area contributed by atoms with Crippen molar-refractivity contribution in [3.63, 3.8) is 0 Å². The Bertz CT molecular complexity index is 1050. The number of quaternary nitrogens is 1. The number of nitrogens with one attached hydrogen (secondary N) is 3. The third-order valence-electron chi connectivity index (χ3n) is 5.75. The predicted molar refractivity (Wildman–Crippen MR) is 115 cm³/mol. The minimum absolute atomic E-state index is 0.0127. The highest BCUT2D eigenvalue weighted by atomic mass is 32.1. The lowest BCUT2D eigenvalue weighted by atomic mass is 10.00. The number of para-hydroxylation sites is 1. The van der Waals surface area contributed by atoms with Crippen LogP contribution in [0, 0.1) is 0 Å². The van der Waals surface area contributed by atoms with E-state index in [0.717, 1.165) is 47.9 Å². The molecule has 3 heterocycles. The second-order valence-electron chi connectivity index (χ2n) is 7.59. The fraction of sp³-hybridized carbons (Fsp3) is 0.261. The molecule has 2 aliphatic rings. The highest BCUT2D eigenvalue weighted by molar-refractivity contribution is 7.16. The summed E-state index contributed by atoms with van der Waals surface area (Å²) in [6.07, 6.45) is 0.664. The topological polar surface area (TPSA) is 54.8 Å². The van der Waals surface area contributed by atoms with Crippen LogP contribution in [0.3, 0.4) is 0 Å². The van der Waals surface area contributed by atoms with Gasteiger partial charge >= 0.3 is 0 Å². The lowest BCUT2D eigenvalue weighted by Gasteiger charge is -2.28. The molecule has 6 heteroatoms. The molecule has 0 bridgehead atoms. The lowest BCUT2D eigenvalue weighted by molar-refractivity contribution is -0.929. The number of amides is 1. The Morgan fingerprint density at radius 3 is 2.72 bits per heavy atom. The lowest BCUT2D eigenvalue weighted by Crippen LogP contribution is -3.10. The van der Waals surface area contributed by atoms with E-state index in [9.17, 15) is 4.79 Å². The van der Waals surface area contributed by atoms with Crippen molar-refractivity contribution in [2.24, 2.45) is 0 Å². The van der Waals surface area contributed by atoms with Crippen LogP contribution in [0.15, 0.2) is 54.6 Å². The molecule has 1 aromatic heterocycles. The van der Waals surface area contributed by atoms with Gasteiger partial charge in [0.05, 0.1) is 24.1 Å². The van der Waals surface area contributed by atoms with Gasteiger partial charge < -0.3 is 20.3 Å². The molecule has 0 fully saturated rings. The monoisotopic (exact) mass is 406 g/mol. The van der Waals surface area contributed by atoms with Crippen LogP contribution in [0.2, 0.25) is 0 Å². The number of methoxy groups -OCH3 is 1. The number of fused-ring (bicyclic) bond motifs is 3. The number of carbonyl (C=O) groups excluding carboxylic acids is 1. The molecule has 5 rings (SSSR count). The first-order chi connectivity index (χ1) is 14.2. The SMILES string of the molecule is COc1ccccc1[C@@H]1NC(=O)c2c(sc3c2CC[NH+](Cc2ccccc2)C3)N1. The molecule has 0 spiro atoms. The van der Waals surface area contributed by atoms with Crippen molar-refractivity contribution in [3.05, 3.63) is 81.7 Å². The summed E-state index contributed by atoms with van der Waals surface area (Å²) in [5.41, 5.74) is 4.37. The summed E-state index contributed by atoms with van der Waals surface area (Å²) in [4.78, 5) is 15.9. The van der Waals surface area contributed by atoms with Crippen molar-refractivity contribution in [2.45, 2.75) is 25.7 Å². The van der Waals surface area contributed by atoms with Gasteiger partial charge in [-0.15, -0.1) is 11.3 Å². The van der Waals surface area contributed by atoms with E-state index < -0.39 is 0 Å². The molecule has 1 amide bonds. The van der Waals surface area contributed by atoms with Gasteiger partial charge in [0.1, 0.15) is 30.0 Å². The predicted octanol–water partition coefficient (Wildman–Crippen LogP) is 2.75. The third kappa shape index (κ3) is 3.39. The zero-order chi connectivity index (χ0) is 19.8. The number of hydrogen-bond donors (Lipinski definition) is 3. The summed E-state index contributed by atoms with van der Waals surface area (Å²) in [6.45, 7) is 3.04. The molecule has 148 valence electrons. The van der Waals surface area contributed by atoms with Gasteiger partial charge in [0.15, 0.2) is 0 Å². The first-order valence-corrected chi connectivity index (χ1v) is 10.8. The van der Waals surface area contributed by atoms with E-state index in [1.54, 1.807) is 23.3 Å². The molecule has 0 aliphatic carbocycles. The summed E-state index contributed by atoms with van der Waals surface area (Å²) < 4.78 is 5.48. The standard InChI is InChI=1S/C23H23N3O2S/c1-28-18-10-6-5-9-16(18)21-24-22(27)20-17-11-12-26(13-15-7-3-2-4-8-15)14-19(17)29-23(20)25-21/h2-10,21,25H,11-14H2,1H3,(H,24,27)/p+1/t21-/m1/s1. The molecule has 2 aliphatic heterocycles. The minimum atomic E-state index is -0.279. The van der Waals surface area contributed by atoms with Gasteiger partial charge in [-0.1, -0.05) is 48.5 Å². The zero-order valence-electron chi connectivity index (χ0n) is 16.3. The van der Waals surface area contributed by atoms with Crippen LogP contribution in [0.1, 0.15) is 38.1 Å². The summed E-state index contributed by atoms with van der Waals surface area (Å²) >= 11 is 1.73. The summed E-state index contributed by atoms with van der Waals surface area (Å²) in [6, 6.07) is 18.4. The maximum Gasteiger partial charge on any atom is 0.256 e. The summed E-state index contributed by atoms with van der Waals surface area (Å²) in [5, 5.41) is 7.64. The molecule has 0 radical (unpaired) electrons. The second-order valence-corrected chi connectivity index (χ2v) is 8.70. The van der Waals surface area contributed by atoms with Crippen molar-refractivity contribution in [2.75, 3.05) is 19.0 Å². The molecular formula is C23H24N3O2S+. The van der Waals surface area contributed by atoms with Gasteiger partial charge in [-0.05, 0) is 11.6 Å². The molecule has 2 aromatic carbocycles. The molecule has 3 aromatic rings. The Balaban J connectivity index is 1.40. The van der Waals surface area contributed by atoms with Crippen molar-refractivity contribution in [3.8, 4) is 5.75 Å². The van der Waals surface area contributed by atoms with Crippen molar-refractivity contribution >= 4 is 22.2 Å². The van der Waals surface area contributed by atoms with Crippen LogP contribution in [0.5, 0.6) is 5.75 Å². The Morgan fingerprint density at radius 2 is 1.90 bits per heavy atom. The fourth-order valence-corrected chi connectivity index (χ4v) is 5.69. The number of benzene rings is 2. The van der Waals surface area contributed by atoms with E-state index in [0.29, 0.717) is 0 Å². The largest absolute Gasteiger partial charge is 0.496 e. The molecule has 2 atom stereocenters. The van der Waals surface area contributed by atoms with E-state index >= 15 is 0 Å². The number of ether oxygens (including phenoxy) is 1. The van der Waals surface area contributed by atoms with Crippen LogP contribution in [-0.2, 0) is 19.5 Å². The average Bonchev–Trinajstić information content (AvgIpc) is 3.12. The minimum Gasteiger partial charge on any atom is -0.496 e. The number of rotatable bonds is 4. The van der Waals surface area contributed by atoms with E-state index in [1.807, 2.05) is 24.3 Å². The average molecular weight is 407 g/mol. The molecular weight excluding hydrogens is 382 g/mol. The third-order valence-corrected chi connectivity index (χ3v) is 6.92. The Kier molecular flexibility index (Phi) is 4.73. The Labute approximate surface area is 174 Å². The van der Waals surface area contributed by atoms with Gasteiger partial charge in [-0.25, -0.2) is 0 Å². The smallest absolute Gasteiger partial charge is 0.256 e. The molecule has 0 saturated carbocycles. The Morgan fingerprint density at radius 1 is 1.10 bits per heavy atom. The van der Waals surface area contributed by atoms with Crippen LogP contribution >= 0.6 is 11.3 Å². The highest BCUT2D eigenvalue weighted by Crippen LogP contribution is 2.40. The van der Waals surface area contributed by atoms with Gasteiger partial charge in [0.25, 0.3) is 5.91 Å². The zero-order valence-corrected chi connectivity index (χ0v) is 17.1. The van der Waals surface area contributed by atoms with Gasteiger partial charge in [0.2, 0.25) is 0 Å². The quantitative estimate of drug-likeness (QED) is 0.625. The van der Waals surface area contributed by atoms with Crippen molar-refractivity contribution < 1.29 is 14.4 Å².